The van der Waals surface area contributed by atoms with Gasteiger partial charge >= 0.3 is 0 Å². The highest BCUT2D eigenvalue weighted by atomic mass is 19.1. The molecular weight excluding hydrogens is 347 g/mol. The summed E-state index contributed by atoms with van der Waals surface area (Å²) in [5.41, 5.74) is 1.57. The molecule has 27 heavy (non-hydrogen) atoms. The average Bonchev–Trinajstić information content (AvgIpc) is 2.75. The molecule has 0 amide bonds. The van der Waals surface area contributed by atoms with Crippen LogP contribution in [0.25, 0.3) is 0 Å². The lowest BCUT2D eigenvalue weighted by molar-refractivity contribution is 0.0845. The number of anilines is 2. The fourth-order valence-electron chi connectivity index (χ4n) is 3.76. The molecular formula is C19H25FN6O. The van der Waals surface area contributed by atoms with Crippen LogP contribution in [-0.2, 0) is 11.2 Å². The number of aryl methyl sites for hydroxylation is 1. The lowest BCUT2D eigenvalue weighted by Gasteiger charge is -2.36. The molecule has 2 aromatic rings. The van der Waals surface area contributed by atoms with Gasteiger partial charge in [0.15, 0.2) is 11.6 Å². The lowest BCUT2D eigenvalue weighted by atomic mass is 9.96. The van der Waals surface area contributed by atoms with Gasteiger partial charge < -0.3 is 14.5 Å². The highest BCUT2D eigenvalue weighted by Gasteiger charge is 2.24. The number of nitrogens with zero attached hydrogens (tertiary/aromatic N) is 6. The van der Waals surface area contributed by atoms with Crippen molar-refractivity contribution < 1.29 is 9.13 Å². The van der Waals surface area contributed by atoms with Gasteiger partial charge in [0.05, 0.1) is 5.69 Å². The Bertz CT molecular complexity index is 775. The molecule has 2 aromatic heterocycles. The lowest BCUT2D eigenvalue weighted by Crippen LogP contribution is -2.47. The van der Waals surface area contributed by atoms with Crippen molar-refractivity contribution in [1.29, 1.82) is 0 Å². The van der Waals surface area contributed by atoms with Crippen LogP contribution < -0.4 is 9.80 Å². The predicted octanol–water partition coefficient (Wildman–Crippen LogP) is 2.19. The van der Waals surface area contributed by atoms with Crippen molar-refractivity contribution in [2.75, 3.05) is 49.2 Å². The Balaban J connectivity index is 1.44. The standard InChI is InChI=1S/C19H25FN6O/c1-2-15-18(20)19(24-13-21-15)26-7-5-25(6-8-26)17-11-16(22-12-23-17)14-3-9-27-10-4-14/h11-14H,2-10H2,1H3. The van der Waals surface area contributed by atoms with Crippen molar-refractivity contribution >= 4 is 11.6 Å². The van der Waals surface area contributed by atoms with Crippen LogP contribution in [0.4, 0.5) is 16.0 Å². The first-order chi connectivity index (χ1) is 13.3. The van der Waals surface area contributed by atoms with Crippen LogP contribution in [0.15, 0.2) is 18.7 Å². The normalized spacial score (nSPS) is 18.7. The Morgan fingerprint density at radius 1 is 1.00 bits per heavy atom. The molecule has 0 aromatic carbocycles. The largest absolute Gasteiger partial charge is 0.381 e. The van der Waals surface area contributed by atoms with Crippen molar-refractivity contribution in [3.8, 4) is 0 Å². The molecule has 2 fully saturated rings. The van der Waals surface area contributed by atoms with E-state index < -0.39 is 0 Å². The molecule has 0 atom stereocenters. The molecule has 7 nitrogen and oxygen atoms in total. The number of rotatable bonds is 4. The zero-order chi connectivity index (χ0) is 18.6. The van der Waals surface area contributed by atoms with Crippen molar-refractivity contribution in [3.05, 3.63) is 35.9 Å². The van der Waals surface area contributed by atoms with Crippen LogP contribution >= 0.6 is 0 Å². The molecule has 0 radical (unpaired) electrons. The summed E-state index contributed by atoms with van der Waals surface area (Å²) in [6.07, 6.45) is 5.70. The van der Waals surface area contributed by atoms with E-state index in [0.29, 0.717) is 36.9 Å². The third kappa shape index (κ3) is 3.85. The average molecular weight is 372 g/mol. The van der Waals surface area contributed by atoms with Gasteiger partial charge in [-0.3, -0.25) is 0 Å². The van der Waals surface area contributed by atoms with Gasteiger partial charge in [0.25, 0.3) is 0 Å². The highest BCUT2D eigenvalue weighted by molar-refractivity contribution is 5.46. The molecule has 0 saturated carbocycles. The highest BCUT2D eigenvalue weighted by Crippen LogP contribution is 2.27. The van der Waals surface area contributed by atoms with Crippen molar-refractivity contribution in [2.24, 2.45) is 0 Å². The van der Waals surface area contributed by atoms with E-state index >= 15 is 0 Å². The van der Waals surface area contributed by atoms with Gasteiger partial charge in [-0.25, -0.2) is 24.3 Å². The molecule has 4 heterocycles. The van der Waals surface area contributed by atoms with Gasteiger partial charge in [-0.2, -0.15) is 0 Å². The summed E-state index contributed by atoms with van der Waals surface area (Å²) in [5, 5.41) is 0. The summed E-state index contributed by atoms with van der Waals surface area (Å²) in [4.78, 5) is 21.4. The predicted molar refractivity (Wildman–Crippen MR) is 101 cm³/mol. The first kappa shape index (κ1) is 18.0. The maximum absolute atomic E-state index is 14.5. The van der Waals surface area contributed by atoms with Crippen LogP contribution in [0.1, 0.15) is 37.1 Å². The number of halogens is 1. The zero-order valence-corrected chi connectivity index (χ0v) is 15.6. The maximum atomic E-state index is 14.5. The number of aromatic nitrogens is 4. The van der Waals surface area contributed by atoms with Gasteiger partial charge in [-0.05, 0) is 19.3 Å². The number of piperazine rings is 1. The van der Waals surface area contributed by atoms with E-state index in [1.54, 1.807) is 6.33 Å². The topological polar surface area (TPSA) is 67.3 Å². The molecule has 0 N–H and O–H groups in total. The summed E-state index contributed by atoms with van der Waals surface area (Å²) in [6, 6.07) is 2.10. The van der Waals surface area contributed by atoms with E-state index in [0.717, 1.165) is 50.7 Å². The zero-order valence-electron chi connectivity index (χ0n) is 15.6. The number of hydrogen-bond acceptors (Lipinski definition) is 7. The molecule has 0 aliphatic carbocycles. The van der Waals surface area contributed by atoms with Gasteiger partial charge in [0, 0.05) is 57.1 Å². The van der Waals surface area contributed by atoms with Gasteiger partial charge in [-0.1, -0.05) is 6.92 Å². The van der Waals surface area contributed by atoms with Crippen LogP contribution in [-0.4, -0.2) is 59.3 Å². The van der Waals surface area contributed by atoms with Gasteiger partial charge in [0.2, 0.25) is 0 Å². The monoisotopic (exact) mass is 372 g/mol. The molecule has 0 unspecified atom stereocenters. The Morgan fingerprint density at radius 2 is 1.70 bits per heavy atom. The fourth-order valence-corrected chi connectivity index (χ4v) is 3.76. The molecule has 144 valence electrons. The number of hydrogen-bond donors (Lipinski definition) is 0. The number of ether oxygens (including phenoxy) is 1. The minimum atomic E-state index is -0.294. The van der Waals surface area contributed by atoms with E-state index in [9.17, 15) is 4.39 Å². The van der Waals surface area contributed by atoms with E-state index in [1.807, 2.05) is 11.8 Å². The summed E-state index contributed by atoms with van der Waals surface area (Å²) in [6.45, 7) is 6.45. The van der Waals surface area contributed by atoms with E-state index in [1.165, 1.54) is 6.33 Å². The summed E-state index contributed by atoms with van der Waals surface area (Å²) in [7, 11) is 0. The third-order valence-corrected chi connectivity index (χ3v) is 5.39. The third-order valence-electron chi connectivity index (χ3n) is 5.39. The molecule has 2 saturated heterocycles. The Morgan fingerprint density at radius 3 is 2.44 bits per heavy atom. The van der Waals surface area contributed by atoms with Crippen LogP contribution in [0, 0.1) is 5.82 Å². The quantitative estimate of drug-likeness (QED) is 0.815. The smallest absolute Gasteiger partial charge is 0.187 e. The van der Waals surface area contributed by atoms with E-state index in [2.05, 4.69) is 30.9 Å². The molecule has 0 spiro atoms. The molecule has 0 bridgehead atoms. The summed E-state index contributed by atoms with van der Waals surface area (Å²) >= 11 is 0. The molecule has 2 aliphatic heterocycles. The first-order valence-corrected chi connectivity index (χ1v) is 9.65. The van der Waals surface area contributed by atoms with Crippen LogP contribution in [0.3, 0.4) is 0 Å². The second-order valence-corrected chi connectivity index (χ2v) is 6.97. The Hall–Kier alpha value is -2.35. The van der Waals surface area contributed by atoms with Gasteiger partial charge in [0.1, 0.15) is 18.5 Å². The second-order valence-electron chi connectivity index (χ2n) is 6.97. The molecule has 4 rings (SSSR count). The second kappa shape index (κ2) is 8.12. The first-order valence-electron chi connectivity index (χ1n) is 9.65. The summed E-state index contributed by atoms with van der Waals surface area (Å²) in [5.74, 6) is 1.51. The fraction of sp³-hybridized carbons (Fsp3) is 0.579. The maximum Gasteiger partial charge on any atom is 0.187 e. The van der Waals surface area contributed by atoms with Crippen molar-refractivity contribution in [3.63, 3.8) is 0 Å². The minimum absolute atomic E-state index is 0.294. The minimum Gasteiger partial charge on any atom is -0.381 e. The summed E-state index contributed by atoms with van der Waals surface area (Å²) < 4.78 is 20.0. The van der Waals surface area contributed by atoms with E-state index in [-0.39, 0.29) is 5.82 Å². The van der Waals surface area contributed by atoms with Crippen LogP contribution in [0.5, 0.6) is 0 Å². The Kier molecular flexibility index (Phi) is 5.42. The van der Waals surface area contributed by atoms with Crippen molar-refractivity contribution in [1.82, 2.24) is 19.9 Å². The van der Waals surface area contributed by atoms with E-state index in [4.69, 9.17) is 4.74 Å². The SMILES string of the molecule is CCc1ncnc(N2CCN(c3cc(C4CCOCC4)ncn3)CC2)c1F. The van der Waals surface area contributed by atoms with Crippen LogP contribution in [0.2, 0.25) is 0 Å². The van der Waals surface area contributed by atoms with Crippen molar-refractivity contribution in [2.45, 2.75) is 32.1 Å². The van der Waals surface area contributed by atoms with Gasteiger partial charge in [-0.15, -0.1) is 0 Å². The Labute approximate surface area is 158 Å². The molecule has 2 aliphatic rings. The molecule has 8 heteroatoms.